The molecule has 26 heavy (non-hydrogen) atoms. The molecule has 4 aromatic heterocycles. The molecular weight excluding hydrogens is 340 g/mol. The van der Waals surface area contributed by atoms with Gasteiger partial charge in [-0.25, -0.2) is 9.50 Å². The number of hydrogen-bond donors (Lipinski definition) is 0. The lowest BCUT2D eigenvalue weighted by Gasteiger charge is -2.05. The smallest absolute Gasteiger partial charge is 0.153 e. The zero-order chi connectivity index (χ0) is 17.5. The van der Waals surface area contributed by atoms with Crippen LogP contribution in [-0.2, 0) is 6.42 Å². The van der Waals surface area contributed by atoms with Gasteiger partial charge in [-0.15, -0.1) is 11.3 Å². The Kier molecular flexibility index (Phi) is 3.53. The van der Waals surface area contributed by atoms with Crippen molar-refractivity contribution < 1.29 is 0 Å². The predicted octanol–water partition coefficient (Wildman–Crippen LogP) is 4.91. The Labute approximate surface area is 154 Å². The Morgan fingerprint density at radius 2 is 2.00 bits per heavy atom. The minimum Gasteiger partial charge on any atom is -0.256 e. The van der Waals surface area contributed by atoms with Crippen LogP contribution in [0.4, 0.5) is 0 Å². The summed E-state index contributed by atoms with van der Waals surface area (Å²) in [7, 11) is 0. The SMILES string of the molecule is Cc1csc(-c2ccc3ncc(Cc4ccc5ncccc5c4)n3n2)c1. The standard InChI is InChI=1S/C21H16N4S/c1-14-9-20(26-13-14)19-6-7-21-23-12-17(25(21)24-19)11-15-4-5-18-16(10-15)3-2-8-22-18/h2-10,12-13H,11H2,1H3. The number of thiophene rings is 1. The molecule has 0 aliphatic heterocycles. The summed E-state index contributed by atoms with van der Waals surface area (Å²) in [5.41, 5.74) is 6.45. The molecule has 1 aromatic carbocycles. The van der Waals surface area contributed by atoms with Crippen molar-refractivity contribution >= 4 is 27.9 Å². The van der Waals surface area contributed by atoms with Gasteiger partial charge >= 0.3 is 0 Å². The second-order valence-corrected chi connectivity index (χ2v) is 7.34. The lowest BCUT2D eigenvalue weighted by molar-refractivity contribution is 0.877. The average molecular weight is 356 g/mol. The molecular formula is C21H16N4S. The van der Waals surface area contributed by atoms with E-state index in [0.29, 0.717) is 0 Å². The fourth-order valence-electron chi connectivity index (χ4n) is 3.18. The van der Waals surface area contributed by atoms with Crippen LogP contribution in [-0.4, -0.2) is 19.6 Å². The van der Waals surface area contributed by atoms with Crippen molar-refractivity contribution in [1.82, 2.24) is 19.6 Å². The highest BCUT2D eigenvalue weighted by Crippen LogP contribution is 2.26. The van der Waals surface area contributed by atoms with Crippen LogP contribution in [0.25, 0.3) is 27.1 Å². The second kappa shape index (κ2) is 6.04. The molecule has 0 aliphatic rings. The number of imidazole rings is 1. The van der Waals surface area contributed by atoms with Crippen LogP contribution in [0.2, 0.25) is 0 Å². The number of nitrogens with zero attached hydrogens (tertiary/aromatic N) is 4. The summed E-state index contributed by atoms with van der Waals surface area (Å²) < 4.78 is 1.96. The fourth-order valence-corrected chi connectivity index (χ4v) is 4.05. The molecule has 4 heterocycles. The summed E-state index contributed by atoms with van der Waals surface area (Å²) in [5.74, 6) is 0. The van der Waals surface area contributed by atoms with E-state index < -0.39 is 0 Å². The number of benzene rings is 1. The molecule has 5 rings (SSSR count). The van der Waals surface area contributed by atoms with Gasteiger partial charge in [0.25, 0.3) is 0 Å². The molecule has 0 bridgehead atoms. The molecule has 0 aliphatic carbocycles. The first-order chi connectivity index (χ1) is 12.8. The van der Waals surface area contributed by atoms with E-state index in [9.17, 15) is 0 Å². The zero-order valence-corrected chi connectivity index (χ0v) is 15.1. The van der Waals surface area contributed by atoms with E-state index >= 15 is 0 Å². The summed E-state index contributed by atoms with van der Waals surface area (Å²) in [6.07, 6.45) is 4.52. The number of hydrogen-bond acceptors (Lipinski definition) is 4. The van der Waals surface area contributed by atoms with Crippen molar-refractivity contribution in [2.75, 3.05) is 0 Å². The van der Waals surface area contributed by atoms with E-state index in [1.807, 2.05) is 35.1 Å². The number of pyridine rings is 1. The zero-order valence-electron chi connectivity index (χ0n) is 14.3. The van der Waals surface area contributed by atoms with Gasteiger partial charge < -0.3 is 0 Å². The predicted molar refractivity (Wildman–Crippen MR) is 106 cm³/mol. The summed E-state index contributed by atoms with van der Waals surface area (Å²) >= 11 is 1.72. The van der Waals surface area contributed by atoms with E-state index in [4.69, 9.17) is 5.10 Å². The first-order valence-electron chi connectivity index (χ1n) is 8.49. The summed E-state index contributed by atoms with van der Waals surface area (Å²) in [5, 5.41) is 8.14. The summed E-state index contributed by atoms with van der Waals surface area (Å²) in [4.78, 5) is 10.1. The molecule has 126 valence electrons. The maximum atomic E-state index is 4.83. The molecule has 0 spiro atoms. The lowest BCUT2D eigenvalue weighted by Crippen LogP contribution is -2.00. The van der Waals surface area contributed by atoms with Gasteiger partial charge in [0.2, 0.25) is 0 Å². The van der Waals surface area contributed by atoms with Crippen molar-refractivity contribution in [2.24, 2.45) is 0 Å². The maximum Gasteiger partial charge on any atom is 0.153 e. The van der Waals surface area contributed by atoms with E-state index in [-0.39, 0.29) is 0 Å². The van der Waals surface area contributed by atoms with Crippen LogP contribution >= 0.6 is 11.3 Å². The second-order valence-electron chi connectivity index (χ2n) is 6.43. The van der Waals surface area contributed by atoms with Crippen LogP contribution in [0.5, 0.6) is 0 Å². The maximum absolute atomic E-state index is 4.83. The molecule has 5 aromatic rings. The molecule has 0 radical (unpaired) electrons. The number of aryl methyl sites for hydroxylation is 1. The number of aromatic nitrogens is 4. The van der Waals surface area contributed by atoms with Crippen LogP contribution in [0, 0.1) is 6.92 Å². The molecule has 0 fully saturated rings. The molecule has 0 saturated heterocycles. The Hall–Kier alpha value is -3.05. The van der Waals surface area contributed by atoms with Crippen molar-refractivity contribution in [1.29, 1.82) is 0 Å². The van der Waals surface area contributed by atoms with E-state index in [2.05, 4.69) is 52.6 Å². The molecule has 0 amide bonds. The molecule has 0 N–H and O–H groups in total. The lowest BCUT2D eigenvalue weighted by atomic mass is 10.1. The Bertz CT molecular complexity index is 1240. The van der Waals surface area contributed by atoms with Crippen molar-refractivity contribution in [3.05, 3.63) is 83.1 Å². The Morgan fingerprint density at radius 3 is 2.88 bits per heavy atom. The molecule has 0 unspecified atom stereocenters. The van der Waals surface area contributed by atoms with Crippen molar-refractivity contribution in [2.45, 2.75) is 13.3 Å². The normalized spacial score (nSPS) is 11.4. The van der Waals surface area contributed by atoms with Gasteiger partial charge in [0.05, 0.1) is 22.3 Å². The van der Waals surface area contributed by atoms with Crippen molar-refractivity contribution in [3.63, 3.8) is 0 Å². The highest BCUT2D eigenvalue weighted by molar-refractivity contribution is 7.13. The fraction of sp³-hybridized carbons (Fsp3) is 0.0952. The first kappa shape index (κ1) is 15.2. The third-order valence-electron chi connectivity index (χ3n) is 4.47. The van der Waals surface area contributed by atoms with Crippen LogP contribution in [0.15, 0.2) is 66.3 Å². The van der Waals surface area contributed by atoms with Crippen LogP contribution in [0.3, 0.4) is 0 Å². The average Bonchev–Trinajstić information content (AvgIpc) is 3.28. The third-order valence-corrected chi connectivity index (χ3v) is 5.54. The summed E-state index contributed by atoms with van der Waals surface area (Å²) in [6, 6.07) is 16.7. The molecule has 0 saturated carbocycles. The van der Waals surface area contributed by atoms with E-state index in [1.165, 1.54) is 16.0 Å². The highest BCUT2D eigenvalue weighted by atomic mass is 32.1. The quantitative estimate of drug-likeness (QED) is 0.461. The highest BCUT2D eigenvalue weighted by Gasteiger charge is 2.09. The van der Waals surface area contributed by atoms with E-state index in [1.54, 1.807) is 11.3 Å². The topological polar surface area (TPSA) is 43.1 Å². The van der Waals surface area contributed by atoms with Gasteiger partial charge in [-0.3, -0.25) is 4.98 Å². The van der Waals surface area contributed by atoms with Gasteiger partial charge in [0, 0.05) is 18.0 Å². The Morgan fingerprint density at radius 1 is 1.04 bits per heavy atom. The molecule has 4 nitrogen and oxygen atoms in total. The number of fused-ring (bicyclic) bond motifs is 2. The monoisotopic (exact) mass is 356 g/mol. The molecule has 0 atom stereocenters. The van der Waals surface area contributed by atoms with Crippen molar-refractivity contribution in [3.8, 4) is 10.6 Å². The third kappa shape index (κ3) is 2.66. The number of rotatable bonds is 3. The minimum atomic E-state index is 0.784. The van der Waals surface area contributed by atoms with Crippen LogP contribution < -0.4 is 0 Å². The van der Waals surface area contributed by atoms with E-state index in [0.717, 1.165) is 34.4 Å². The van der Waals surface area contributed by atoms with Gasteiger partial charge in [-0.2, -0.15) is 5.10 Å². The van der Waals surface area contributed by atoms with Gasteiger partial charge in [-0.1, -0.05) is 12.1 Å². The Balaban J connectivity index is 1.55. The van der Waals surface area contributed by atoms with Gasteiger partial charge in [-0.05, 0) is 59.8 Å². The summed E-state index contributed by atoms with van der Waals surface area (Å²) in [6.45, 7) is 2.11. The van der Waals surface area contributed by atoms with Crippen LogP contribution in [0.1, 0.15) is 16.8 Å². The first-order valence-corrected chi connectivity index (χ1v) is 9.37. The van der Waals surface area contributed by atoms with Gasteiger partial charge in [0.15, 0.2) is 5.65 Å². The van der Waals surface area contributed by atoms with Gasteiger partial charge in [0.1, 0.15) is 5.69 Å². The minimum absolute atomic E-state index is 0.784. The molecule has 5 heteroatoms. The largest absolute Gasteiger partial charge is 0.256 e.